The minimum Gasteiger partial charge on any atom is -0.465 e. The van der Waals surface area contributed by atoms with E-state index in [1.807, 2.05) is 11.8 Å². The van der Waals surface area contributed by atoms with Gasteiger partial charge in [0.15, 0.2) is 0 Å². The maximum absolute atomic E-state index is 12.0. The summed E-state index contributed by atoms with van der Waals surface area (Å²) in [5.74, 6) is 0.196. The summed E-state index contributed by atoms with van der Waals surface area (Å²) in [5, 5.41) is -0.0971. The van der Waals surface area contributed by atoms with Gasteiger partial charge in [-0.3, -0.25) is 9.69 Å². The van der Waals surface area contributed by atoms with Crippen molar-refractivity contribution in [3.8, 4) is 0 Å². The molecule has 0 atom stereocenters. The van der Waals surface area contributed by atoms with Crippen molar-refractivity contribution in [3.05, 3.63) is 17.9 Å². The van der Waals surface area contributed by atoms with Gasteiger partial charge in [0.25, 0.3) is 10.0 Å². The molecule has 0 unspecified atom stereocenters. The number of carbonyl (C=O) groups is 1. The second-order valence-electron chi connectivity index (χ2n) is 5.02. The molecule has 0 radical (unpaired) electrons. The molecule has 1 aromatic rings. The van der Waals surface area contributed by atoms with Crippen molar-refractivity contribution in [1.29, 1.82) is 0 Å². The molecular weight excluding hydrogens is 308 g/mol. The van der Waals surface area contributed by atoms with E-state index in [9.17, 15) is 13.2 Å². The van der Waals surface area contributed by atoms with Crippen LogP contribution in [0.15, 0.2) is 21.6 Å². The van der Waals surface area contributed by atoms with Crippen molar-refractivity contribution < 1.29 is 22.4 Å². The van der Waals surface area contributed by atoms with Crippen molar-refractivity contribution >= 4 is 16.0 Å². The fraction of sp³-hybridized carbons (Fsp3) is 0.643. The smallest absolute Gasteiger partial charge is 0.320 e. The topological polar surface area (TPSA) is 80.1 Å². The van der Waals surface area contributed by atoms with E-state index in [1.165, 1.54) is 20.2 Å². The van der Waals surface area contributed by atoms with E-state index in [0.29, 0.717) is 25.5 Å². The van der Waals surface area contributed by atoms with E-state index in [4.69, 9.17) is 9.15 Å². The Labute approximate surface area is 131 Å². The zero-order chi connectivity index (χ0) is 16.8. The van der Waals surface area contributed by atoms with E-state index < -0.39 is 10.0 Å². The van der Waals surface area contributed by atoms with Crippen LogP contribution in [-0.2, 0) is 26.1 Å². The fourth-order valence-corrected chi connectivity index (χ4v) is 2.71. The summed E-state index contributed by atoms with van der Waals surface area (Å²) in [5.41, 5.74) is 0. The van der Waals surface area contributed by atoms with Crippen LogP contribution in [0.5, 0.6) is 0 Å². The van der Waals surface area contributed by atoms with Crippen LogP contribution >= 0.6 is 0 Å². The summed E-state index contributed by atoms with van der Waals surface area (Å²) in [4.78, 5) is 13.4. The normalized spacial score (nSPS) is 12.1. The average Bonchev–Trinajstić information content (AvgIpc) is 2.88. The van der Waals surface area contributed by atoms with Crippen LogP contribution in [0.3, 0.4) is 0 Å². The SMILES string of the molecule is CCCN(CC(=O)OCC)Cc1ccc(S(=O)(=O)N(C)C)o1. The second kappa shape index (κ2) is 8.30. The molecule has 1 heterocycles. The fourth-order valence-electron chi connectivity index (χ4n) is 1.90. The number of furan rings is 1. The van der Waals surface area contributed by atoms with Gasteiger partial charge in [0, 0.05) is 14.1 Å². The molecule has 126 valence electrons. The van der Waals surface area contributed by atoms with Crippen molar-refractivity contribution in [3.63, 3.8) is 0 Å². The number of hydrogen-bond donors (Lipinski definition) is 0. The standard InChI is InChI=1S/C14H24N2O5S/c1-5-9-16(11-13(17)20-6-2)10-12-7-8-14(21-12)22(18,19)15(3)4/h7-8H,5-6,9-11H2,1-4H3. The lowest BCUT2D eigenvalue weighted by molar-refractivity contribution is -0.144. The monoisotopic (exact) mass is 332 g/mol. The third-order valence-electron chi connectivity index (χ3n) is 2.95. The molecule has 0 aliphatic carbocycles. The number of ether oxygens (including phenoxy) is 1. The van der Waals surface area contributed by atoms with E-state index >= 15 is 0 Å². The largest absolute Gasteiger partial charge is 0.465 e. The van der Waals surface area contributed by atoms with Gasteiger partial charge in [0.05, 0.1) is 19.7 Å². The lowest BCUT2D eigenvalue weighted by atomic mass is 10.3. The van der Waals surface area contributed by atoms with Crippen LogP contribution in [0.1, 0.15) is 26.0 Å². The Balaban J connectivity index is 2.79. The first-order valence-corrected chi connectivity index (χ1v) is 8.64. The minimum absolute atomic E-state index is 0.0971. The predicted octanol–water partition coefficient (Wildman–Crippen LogP) is 1.31. The molecule has 0 aliphatic rings. The van der Waals surface area contributed by atoms with Gasteiger partial charge in [-0.15, -0.1) is 0 Å². The summed E-state index contributed by atoms with van der Waals surface area (Å²) < 4.78 is 35.4. The number of carbonyl (C=O) groups excluding carboxylic acids is 1. The maximum Gasteiger partial charge on any atom is 0.320 e. The summed E-state index contributed by atoms with van der Waals surface area (Å²) in [6.45, 7) is 5.29. The van der Waals surface area contributed by atoms with Crippen molar-refractivity contribution in [2.45, 2.75) is 31.9 Å². The van der Waals surface area contributed by atoms with Crippen molar-refractivity contribution in [2.75, 3.05) is 33.8 Å². The van der Waals surface area contributed by atoms with Gasteiger partial charge in [0.1, 0.15) is 5.76 Å². The van der Waals surface area contributed by atoms with Crippen molar-refractivity contribution in [1.82, 2.24) is 9.21 Å². The van der Waals surface area contributed by atoms with Crippen LogP contribution in [-0.4, -0.2) is 57.4 Å². The lowest BCUT2D eigenvalue weighted by Crippen LogP contribution is -2.31. The van der Waals surface area contributed by atoms with Crippen LogP contribution in [0.4, 0.5) is 0 Å². The van der Waals surface area contributed by atoms with Crippen LogP contribution in [0.25, 0.3) is 0 Å². The molecule has 8 heteroatoms. The zero-order valence-electron chi connectivity index (χ0n) is 13.5. The molecule has 0 aromatic carbocycles. The molecule has 0 spiro atoms. The molecule has 7 nitrogen and oxygen atoms in total. The quantitative estimate of drug-likeness (QED) is 0.634. The third-order valence-corrected chi connectivity index (χ3v) is 4.64. The van der Waals surface area contributed by atoms with Gasteiger partial charge in [0.2, 0.25) is 5.09 Å². The third kappa shape index (κ3) is 5.11. The first kappa shape index (κ1) is 18.7. The first-order valence-electron chi connectivity index (χ1n) is 7.20. The number of esters is 1. The Kier molecular flexibility index (Phi) is 7.05. The maximum atomic E-state index is 12.0. The second-order valence-corrected chi connectivity index (χ2v) is 7.11. The van der Waals surface area contributed by atoms with E-state index in [0.717, 1.165) is 10.7 Å². The van der Waals surface area contributed by atoms with E-state index in [1.54, 1.807) is 13.0 Å². The summed E-state index contributed by atoms with van der Waals surface area (Å²) in [6, 6.07) is 3.04. The molecule has 0 N–H and O–H groups in total. The highest BCUT2D eigenvalue weighted by molar-refractivity contribution is 7.88. The van der Waals surface area contributed by atoms with Gasteiger partial charge < -0.3 is 9.15 Å². The Hall–Kier alpha value is -1.38. The molecule has 0 amide bonds. The Morgan fingerprint density at radius 1 is 1.27 bits per heavy atom. The van der Waals surface area contributed by atoms with Crippen LogP contribution < -0.4 is 0 Å². The predicted molar refractivity (Wildman–Crippen MR) is 81.8 cm³/mol. The number of nitrogens with zero attached hydrogens (tertiary/aromatic N) is 2. The van der Waals surface area contributed by atoms with Gasteiger partial charge >= 0.3 is 5.97 Å². The van der Waals surface area contributed by atoms with Crippen LogP contribution in [0, 0.1) is 0 Å². The van der Waals surface area contributed by atoms with Gasteiger partial charge in [-0.1, -0.05) is 6.92 Å². The van der Waals surface area contributed by atoms with E-state index in [-0.39, 0.29) is 17.6 Å². The summed E-state index contributed by atoms with van der Waals surface area (Å²) in [6.07, 6.45) is 0.864. The van der Waals surface area contributed by atoms with Gasteiger partial charge in [-0.25, -0.2) is 12.7 Å². The highest BCUT2D eigenvalue weighted by Gasteiger charge is 2.22. The van der Waals surface area contributed by atoms with Crippen molar-refractivity contribution in [2.24, 2.45) is 0 Å². The van der Waals surface area contributed by atoms with Gasteiger partial charge in [-0.2, -0.15) is 0 Å². The number of hydrogen-bond acceptors (Lipinski definition) is 6. The summed E-state index contributed by atoms with van der Waals surface area (Å²) in [7, 11) is -0.687. The molecule has 0 saturated heterocycles. The van der Waals surface area contributed by atoms with E-state index in [2.05, 4.69) is 0 Å². The summed E-state index contributed by atoms with van der Waals surface area (Å²) >= 11 is 0. The van der Waals surface area contributed by atoms with Crippen LogP contribution in [0.2, 0.25) is 0 Å². The molecule has 1 rings (SSSR count). The Morgan fingerprint density at radius 3 is 2.50 bits per heavy atom. The first-order chi connectivity index (χ1) is 10.3. The Bertz CT molecular complexity index is 580. The highest BCUT2D eigenvalue weighted by atomic mass is 32.2. The highest BCUT2D eigenvalue weighted by Crippen LogP contribution is 2.18. The Morgan fingerprint density at radius 2 is 1.95 bits per heavy atom. The number of rotatable bonds is 9. The molecule has 0 aliphatic heterocycles. The minimum atomic E-state index is -3.58. The average molecular weight is 332 g/mol. The molecule has 0 saturated carbocycles. The molecular formula is C14H24N2O5S. The molecule has 0 bridgehead atoms. The lowest BCUT2D eigenvalue weighted by Gasteiger charge is -2.19. The molecule has 1 aromatic heterocycles. The number of sulfonamides is 1. The molecule has 22 heavy (non-hydrogen) atoms. The zero-order valence-corrected chi connectivity index (χ0v) is 14.4. The van der Waals surface area contributed by atoms with Gasteiger partial charge in [-0.05, 0) is 32.0 Å². The molecule has 0 fully saturated rings.